The van der Waals surface area contributed by atoms with Gasteiger partial charge < -0.3 is 5.73 Å². The molecule has 2 rings (SSSR count). The van der Waals surface area contributed by atoms with E-state index in [0.29, 0.717) is 12.1 Å². The average molecular weight is 249 g/mol. The van der Waals surface area contributed by atoms with E-state index in [-0.39, 0.29) is 18.1 Å². The Kier molecular flexibility index (Phi) is 3.62. The molecule has 0 radical (unpaired) electrons. The number of aromatic nitrogens is 2. The summed E-state index contributed by atoms with van der Waals surface area (Å²) in [7, 11) is 0. The maximum absolute atomic E-state index is 13.5. The van der Waals surface area contributed by atoms with Crippen LogP contribution in [0.1, 0.15) is 18.5 Å². The van der Waals surface area contributed by atoms with Crippen LogP contribution >= 0.6 is 0 Å². The van der Waals surface area contributed by atoms with Gasteiger partial charge in [-0.05, 0) is 13.0 Å². The Morgan fingerprint density at radius 2 is 1.94 bits per heavy atom. The molecule has 0 aliphatic rings. The average Bonchev–Trinajstić information content (AvgIpc) is 2.71. The van der Waals surface area contributed by atoms with E-state index in [1.807, 2.05) is 6.92 Å². The predicted molar refractivity (Wildman–Crippen MR) is 67.7 cm³/mol. The van der Waals surface area contributed by atoms with Crippen LogP contribution in [-0.4, -0.2) is 9.13 Å². The number of hydrogen-bond donors (Lipinski definition) is 1. The van der Waals surface area contributed by atoms with Crippen LogP contribution < -0.4 is 11.4 Å². The summed E-state index contributed by atoms with van der Waals surface area (Å²) in [6.45, 7) is 2.77. The van der Waals surface area contributed by atoms with Crippen LogP contribution in [0.5, 0.6) is 0 Å². The minimum Gasteiger partial charge on any atom is -0.322 e. The highest BCUT2D eigenvalue weighted by Crippen LogP contribution is 2.15. The van der Waals surface area contributed by atoms with Crippen molar-refractivity contribution in [3.8, 4) is 0 Å². The Hall–Kier alpha value is -1.88. The lowest BCUT2D eigenvalue weighted by molar-refractivity contribution is 0.516. The Balaban J connectivity index is 2.21. The zero-order valence-electron chi connectivity index (χ0n) is 10.2. The number of aryl methyl sites for hydroxylation is 1. The van der Waals surface area contributed by atoms with Crippen molar-refractivity contribution in [1.29, 1.82) is 0 Å². The van der Waals surface area contributed by atoms with Crippen molar-refractivity contribution in [2.45, 2.75) is 26.1 Å². The van der Waals surface area contributed by atoms with Gasteiger partial charge in [0, 0.05) is 31.0 Å². The molecule has 1 atom stereocenters. The van der Waals surface area contributed by atoms with Crippen LogP contribution in [0.25, 0.3) is 0 Å². The fourth-order valence-electron chi connectivity index (χ4n) is 1.92. The summed E-state index contributed by atoms with van der Waals surface area (Å²) < 4.78 is 16.6. The maximum atomic E-state index is 13.5. The lowest BCUT2D eigenvalue weighted by Gasteiger charge is -2.12. The van der Waals surface area contributed by atoms with Crippen molar-refractivity contribution >= 4 is 0 Å². The highest BCUT2D eigenvalue weighted by atomic mass is 19.1. The van der Waals surface area contributed by atoms with Crippen LogP contribution in [0, 0.1) is 5.82 Å². The first-order chi connectivity index (χ1) is 8.63. The summed E-state index contributed by atoms with van der Waals surface area (Å²) in [5.41, 5.74) is 6.24. The molecular weight excluding hydrogens is 233 g/mol. The maximum Gasteiger partial charge on any atom is 0.328 e. The van der Waals surface area contributed by atoms with Crippen molar-refractivity contribution in [3.63, 3.8) is 0 Å². The van der Waals surface area contributed by atoms with Crippen molar-refractivity contribution in [1.82, 2.24) is 9.13 Å². The van der Waals surface area contributed by atoms with Gasteiger partial charge in [0.2, 0.25) is 0 Å². The monoisotopic (exact) mass is 249 g/mol. The first-order valence-corrected chi connectivity index (χ1v) is 5.89. The van der Waals surface area contributed by atoms with Crippen molar-refractivity contribution in [2.75, 3.05) is 0 Å². The van der Waals surface area contributed by atoms with Gasteiger partial charge >= 0.3 is 5.69 Å². The molecule has 0 saturated heterocycles. The van der Waals surface area contributed by atoms with E-state index < -0.39 is 6.04 Å². The number of nitrogens with zero attached hydrogens (tertiary/aromatic N) is 2. The molecule has 96 valence electrons. The molecule has 5 heteroatoms. The molecule has 4 nitrogen and oxygen atoms in total. The van der Waals surface area contributed by atoms with E-state index >= 15 is 0 Å². The molecule has 0 aliphatic carbocycles. The molecule has 0 bridgehead atoms. The lowest BCUT2D eigenvalue weighted by atomic mass is 10.1. The number of imidazole rings is 1. The standard InChI is InChI=1S/C13H16FN3O/c1-2-16-7-8-17(13(16)18)9-12(15)10-5-3-4-6-11(10)14/h3-8,12H,2,9,15H2,1H3. The van der Waals surface area contributed by atoms with Crippen LogP contribution in [0.4, 0.5) is 4.39 Å². The van der Waals surface area contributed by atoms with Gasteiger partial charge in [-0.2, -0.15) is 0 Å². The number of halogens is 1. The van der Waals surface area contributed by atoms with Crippen molar-refractivity contribution in [3.05, 3.63) is 58.5 Å². The van der Waals surface area contributed by atoms with Gasteiger partial charge in [-0.25, -0.2) is 9.18 Å². The topological polar surface area (TPSA) is 52.9 Å². The highest BCUT2D eigenvalue weighted by molar-refractivity contribution is 5.20. The molecule has 0 saturated carbocycles. The summed E-state index contributed by atoms with van der Waals surface area (Å²) in [4.78, 5) is 11.8. The Morgan fingerprint density at radius 3 is 2.56 bits per heavy atom. The van der Waals surface area contributed by atoms with Crippen LogP contribution in [0.15, 0.2) is 41.5 Å². The normalized spacial score (nSPS) is 12.6. The minimum absolute atomic E-state index is 0.121. The molecule has 0 fully saturated rings. The SMILES string of the molecule is CCn1ccn(CC(N)c2ccccc2F)c1=O. The quantitative estimate of drug-likeness (QED) is 0.893. The Morgan fingerprint density at radius 1 is 1.28 bits per heavy atom. The third-order valence-electron chi connectivity index (χ3n) is 2.96. The van der Waals surface area contributed by atoms with Crippen molar-refractivity contribution in [2.24, 2.45) is 5.73 Å². The van der Waals surface area contributed by atoms with E-state index in [9.17, 15) is 9.18 Å². The summed E-state index contributed by atoms with van der Waals surface area (Å²) in [6.07, 6.45) is 3.38. The van der Waals surface area contributed by atoms with Crippen molar-refractivity contribution < 1.29 is 4.39 Å². The predicted octanol–water partition coefficient (Wildman–Crippen LogP) is 1.51. The second-order valence-electron chi connectivity index (χ2n) is 4.15. The van der Waals surface area contributed by atoms with Crippen LogP contribution in [-0.2, 0) is 13.1 Å². The zero-order chi connectivity index (χ0) is 13.1. The van der Waals surface area contributed by atoms with Gasteiger partial charge in [-0.1, -0.05) is 18.2 Å². The smallest absolute Gasteiger partial charge is 0.322 e. The third kappa shape index (κ3) is 2.36. The van der Waals surface area contributed by atoms with Crippen LogP contribution in [0.2, 0.25) is 0 Å². The molecule has 1 aromatic carbocycles. The molecule has 2 aromatic rings. The van der Waals surface area contributed by atoms with E-state index in [4.69, 9.17) is 5.73 Å². The highest BCUT2D eigenvalue weighted by Gasteiger charge is 2.13. The molecular formula is C13H16FN3O. The fraction of sp³-hybridized carbons (Fsp3) is 0.308. The Labute approximate surface area is 104 Å². The summed E-state index contributed by atoms with van der Waals surface area (Å²) in [5, 5.41) is 0. The molecule has 0 spiro atoms. The van der Waals surface area contributed by atoms with E-state index in [1.54, 1.807) is 35.2 Å². The summed E-state index contributed by atoms with van der Waals surface area (Å²) >= 11 is 0. The lowest BCUT2D eigenvalue weighted by Crippen LogP contribution is -2.28. The summed E-state index contributed by atoms with van der Waals surface area (Å²) in [6, 6.07) is 5.83. The number of nitrogens with two attached hydrogens (primary N) is 1. The number of rotatable bonds is 4. The Bertz CT molecular complexity index is 588. The minimum atomic E-state index is -0.531. The van der Waals surface area contributed by atoms with E-state index in [2.05, 4.69) is 0 Å². The molecule has 1 aromatic heterocycles. The molecule has 2 N–H and O–H groups in total. The third-order valence-corrected chi connectivity index (χ3v) is 2.96. The number of benzene rings is 1. The van der Waals surface area contributed by atoms with E-state index in [1.165, 1.54) is 10.6 Å². The molecule has 1 heterocycles. The first-order valence-electron chi connectivity index (χ1n) is 5.89. The van der Waals surface area contributed by atoms with Crippen LogP contribution in [0.3, 0.4) is 0 Å². The first kappa shape index (κ1) is 12.6. The second-order valence-corrected chi connectivity index (χ2v) is 4.15. The molecule has 1 unspecified atom stereocenters. The largest absolute Gasteiger partial charge is 0.328 e. The summed E-state index contributed by atoms with van der Waals surface area (Å²) in [5.74, 6) is -0.340. The molecule has 18 heavy (non-hydrogen) atoms. The molecule has 0 amide bonds. The zero-order valence-corrected chi connectivity index (χ0v) is 10.2. The molecule has 0 aliphatic heterocycles. The van der Waals surface area contributed by atoms with Gasteiger partial charge in [-0.3, -0.25) is 9.13 Å². The van der Waals surface area contributed by atoms with Gasteiger partial charge in [-0.15, -0.1) is 0 Å². The second kappa shape index (κ2) is 5.18. The van der Waals surface area contributed by atoms with Gasteiger partial charge in [0.25, 0.3) is 0 Å². The van der Waals surface area contributed by atoms with Gasteiger partial charge in [0.15, 0.2) is 0 Å². The van der Waals surface area contributed by atoms with Gasteiger partial charge in [0.05, 0.1) is 6.04 Å². The van der Waals surface area contributed by atoms with Gasteiger partial charge in [0.1, 0.15) is 5.82 Å². The number of hydrogen-bond acceptors (Lipinski definition) is 2. The van der Waals surface area contributed by atoms with E-state index in [0.717, 1.165) is 0 Å². The fourth-order valence-corrected chi connectivity index (χ4v) is 1.92.